The Balaban J connectivity index is 1.33. The molecule has 2 aromatic rings. The second-order valence-electron chi connectivity index (χ2n) is 7.13. The average Bonchev–Trinajstić information content (AvgIpc) is 3.26. The SMILES string of the molecule is Cc1ccc(-c2noc(NC3CCC(N4CCCC4=O)CC3)n2)cc1. The first-order chi connectivity index (χ1) is 12.2. The summed E-state index contributed by atoms with van der Waals surface area (Å²) in [6.45, 7) is 2.99. The first kappa shape index (κ1) is 16.1. The number of carbonyl (C=O) groups is 1. The van der Waals surface area contributed by atoms with E-state index in [0.717, 1.165) is 50.6 Å². The van der Waals surface area contributed by atoms with Gasteiger partial charge in [-0.15, -0.1) is 0 Å². The molecule has 0 spiro atoms. The van der Waals surface area contributed by atoms with Gasteiger partial charge in [0, 0.05) is 30.6 Å². The summed E-state index contributed by atoms with van der Waals surface area (Å²) >= 11 is 0. The number of amides is 1. The third-order valence-electron chi connectivity index (χ3n) is 5.31. The largest absolute Gasteiger partial charge is 0.340 e. The number of rotatable bonds is 4. The fourth-order valence-corrected chi connectivity index (χ4v) is 3.86. The van der Waals surface area contributed by atoms with Gasteiger partial charge in [-0.2, -0.15) is 4.98 Å². The van der Waals surface area contributed by atoms with Gasteiger partial charge in [0.05, 0.1) is 0 Å². The Kier molecular flexibility index (Phi) is 4.42. The lowest BCUT2D eigenvalue weighted by molar-refractivity contribution is -0.130. The summed E-state index contributed by atoms with van der Waals surface area (Å²) < 4.78 is 5.36. The Labute approximate surface area is 147 Å². The molecule has 0 radical (unpaired) electrons. The van der Waals surface area contributed by atoms with Crippen molar-refractivity contribution in [2.75, 3.05) is 11.9 Å². The normalized spacial score (nSPS) is 23.9. The molecule has 1 aromatic heterocycles. The van der Waals surface area contributed by atoms with Crippen molar-refractivity contribution >= 4 is 11.9 Å². The minimum atomic E-state index is 0.330. The van der Waals surface area contributed by atoms with E-state index in [1.165, 1.54) is 5.56 Å². The maximum Gasteiger partial charge on any atom is 0.322 e. The van der Waals surface area contributed by atoms with Gasteiger partial charge in [-0.25, -0.2) is 0 Å². The summed E-state index contributed by atoms with van der Waals surface area (Å²) in [4.78, 5) is 18.4. The number of anilines is 1. The first-order valence-corrected chi connectivity index (χ1v) is 9.16. The van der Waals surface area contributed by atoms with E-state index in [2.05, 4.69) is 27.3 Å². The van der Waals surface area contributed by atoms with Crippen LogP contribution in [0.15, 0.2) is 28.8 Å². The van der Waals surface area contributed by atoms with Crippen LogP contribution in [0, 0.1) is 6.92 Å². The highest BCUT2D eigenvalue weighted by molar-refractivity contribution is 5.78. The topological polar surface area (TPSA) is 71.3 Å². The lowest BCUT2D eigenvalue weighted by atomic mass is 9.90. The summed E-state index contributed by atoms with van der Waals surface area (Å²) in [6, 6.07) is 9.32. The number of likely N-dealkylation sites (tertiary alicyclic amines) is 1. The van der Waals surface area contributed by atoms with Crippen LogP contribution in [-0.4, -0.2) is 39.6 Å². The average molecular weight is 340 g/mol. The Morgan fingerprint density at radius 1 is 1.16 bits per heavy atom. The number of nitrogens with one attached hydrogen (secondary N) is 1. The standard InChI is InChI=1S/C19H24N4O2/c1-13-4-6-14(7-5-13)18-21-19(25-22-18)20-15-8-10-16(11-9-15)23-12-2-3-17(23)24/h4-7,15-16H,2-3,8-12H2,1H3,(H,20,21,22). The van der Waals surface area contributed by atoms with Crippen LogP contribution in [0.25, 0.3) is 11.4 Å². The van der Waals surface area contributed by atoms with E-state index in [1.54, 1.807) is 0 Å². The van der Waals surface area contributed by atoms with E-state index in [9.17, 15) is 4.79 Å². The van der Waals surface area contributed by atoms with Crippen LogP contribution in [0.3, 0.4) is 0 Å². The molecule has 0 atom stereocenters. The van der Waals surface area contributed by atoms with Gasteiger partial charge in [-0.05, 0) is 39.0 Å². The number of aryl methyl sites for hydroxylation is 1. The Morgan fingerprint density at radius 3 is 2.60 bits per heavy atom. The summed E-state index contributed by atoms with van der Waals surface area (Å²) in [7, 11) is 0. The van der Waals surface area contributed by atoms with Gasteiger partial charge in [0.15, 0.2) is 0 Å². The Hall–Kier alpha value is -2.37. The van der Waals surface area contributed by atoms with Gasteiger partial charge >= 0.3 is 6.01 Å². The smallest absolute Gasteiger partial charge is 0.322 e. The Morgan fingerprint density at radius 2 is 1.92 bits per heavy atom. The van der Waals surface area contributed by atoms with Crippen LogP contribution in [0.2, 0.25) is 0 Å². The third kappa shape index (κ3) is 3.52. The molecule has 1 aromatic carbocycles. The molecule has 0 unspecified atom stereocenters. The quantitative estimate of drug-likeness (QED) is 0.924. The van der Waals surface area contributed by atoms with E-state index < -0.39 is 0 Å². The first-order valence-electron chi connectivity index (χ1n) is 9.16. The van der Waals surface area contributed by atoms with Gasteiger partial charge in [-0.1, -0.05) is 35.0 Å². The van der Waals surface area contributed by atoms with Crippen LogP contribution in [0.1, 0.15) is 44.1 Å². The predicted octanol–water partition coefficient (Wildman–Crippen LogP) is 3.39. The summed E-state index contributed by atoms with van der Waals surface area (Å²) in [5, 5.41) is 7.43. The molecule has 2 aliphatic rings. The number of hydrogen-bond acceptors (Lipinski definition) is 5. The molecule has 2 heterocycles. The van der Waals surface area contributed by atoms with E-state index in [4.69, 9.17) is 4.52 Å². The van der Waals surface area contributed by atoms with Gasteiger partial charge in [0.25, 0.3) is 0 Å². The van der Waals surface area contributed by atoms with Crippen molar-refractivity contribution in [1.82, 2.24) is 15.0 Å². The van der Waals surface area contributed by atoms with Crippen LogP contribution < -0.4 is 5.32 Å². The zero-order chi connectivity index (χ0) is 17.2. The van der Waals surface area contributed by atoms with Gasteiger partial charge < -0.3 is 14.7 Å². The summed E-state index contributed by atoms with van der Waals surface area (Å²) in [5.41, 5.74) is 2.16. The molecule has 1 amide bonds. The zero-order valence-electron chi connectivity index (χ0n) is 14.6. The van der Waals surface area contributed by atoms with E-state index in [1.807, 2.05) is 24.3 Å². The lowest BCUT2D eigenvalue weighted by Gasteiger charge is -2.34. The molecule has 6 nitrogen and oxygen atoms in total. The monoisotopic (exact) mass is 340 g/mol. The van der Waals surface area contributed by atoms with E-state index in [0.29, 0.717) is 29.8 Å². The van der Waals surface area contributed by atoms with Crippen LogP contribution in [0.4, 0.5) is 6.01 Å². The summed E-state index contributed by atoms with van der Waals surface area (Å²) in [5.74, 6) is 0.940. The second-order valence-corrected chi connectivity index (χ2v) is 7.13. The molecule has 4 rings (SSSR count). The van der Waals surface area contributed by atoms with Gasteiger partial charge in [0.2, 0.25) is 11.7 Å². The molecule has 1 saturated heterocycles. The van der Waals surface area contributed by atoms with Crippen molar-refractivity contribution in [2.24, 2.45) is 0 Å². The van der Waals surface area contributed by atoms with Crippen LogP contribution in [0.5, 0.6) is 0 Å². The maximum absolute atomic E-state index is 11.9. The van der Waals surface area contributed by atoms with Crippen molar-refractivity contribution in [3.05, 3.63) is 29.8 Å². The zero-order valence-corrected chi connectivity index (χ0v) is 14.6. The molecule has 0 bridgehead atoms. The molecule has 1 aliphatic carbocycles. The maximum atomic E-state index is 11.9. The number of hydrogen-bond donors (Lipinski definition) is 1. The number of benzene rings is 1. The minimum absolute atomic E-state index is 0.330. The van der Waals surface area contributed by atoms with Gasteiger partial charge in [-0.3, -0.25) is 4.79 Å². The van der Waals surface area contributed by atoms with Crippen molar-refractivity contribution in [3.63, 3.8) is 0 Å². The minimum Gasteiger partial charge on any atom is -0.340 e. The number of aromatic nitrogens is 2. The predicted molar refractivity (Wildman–Crippen MR) is 95.1 cm³/mol. The van der Waals surface area contributed by atoms with Crippen LogP contribution >= 0.6 is 0 Å². The molecule has 25 heavy (non-hydrogen) atoms. The second kappa shape index (κ2) is 6.86. The molecule has 132 valence electrons. The number of carbonyl (C=O) groups excluding carboxylic acids is 1. The molecular weight excluding hydrogens is 316 g/mol. The van der Waals surface area contributed by atoms with E-state index >= 15 is 0 Å². The fraction of sp³-hybridized carbons (Fsp3) is 0.526. The summed E-state index contributed by atoms with van der Waals surface area (Å²) in [6.07, 6.45) is 5.88. The molecular formula is C19H24N4O2. The van der Waals surface area contributed by atoms with Crippen molar-refractivity contribution in [2.45, 2.75) is 57.5 Å². The molecule has 1 N–H and O–H groups in total. The number of nitrogens with zero attached hydrogens (tertiary/aromatic N) is 3. The van der Waals surface area contributed by atoms with Crippen molar-refractivity contribution < 1.29 is 9.32 Å². The lowest BCUT2D eigenvalue weighted by Crippen LogP contribution is -2.41. The van der Waals surface area contributed by atoms with Gasteiger partial charge in [0.1, 0.15) is 0 Å². The molecule has 1 saturated carbocycles. The highest BCUT2D eigenvalue weighted by Gasteiger charge is 2.31. The third-order valence-corrected chi connectivity index (χ3v) is 5.31. The Bertz CT molecular complexity index is 732. The van der Waals surface area contributed by atoms with Crippen molar-refractivity contribution in [3.8, 4) is 11.4 Å². The molecule has 2 fully saturated rings. The molecule has 1 aliphatic heterocycles. The van der Waals surface area contributed by atoms with Crippen LogP contribution in [-0.2, 0) is 4.79 Å². The highest BCUT2D eigenvalue weighted by Crippen LogP contribution is 2.28. The highest BCUT2D eigenvalue weighted by atomic mass is 16.5. The molecule has 6 heteroatoms. The van der Waals surface area contributed by atoms with E-state index in [-0.39, 0.29) is 0 Å². The van der Waals surface area contributed by atoms with Crippen molar-refractivity contribution in [1.29, 1.82) is 0 Å². The fourth-order valence-electron chi connectivity index (χ4n) is 3.86.